The minimum Gasteiger partial charge on any atom is -0.341 e. The summed E-state index contributed by atoms with van der Waals surface area (Å²) in [5, 5.41) is 6.15. The number of hydrogen-bond acceptors (Lipinski definition) is 5. The molecule has 0 saturated carbocycles. The molecule has 1 fully saturated rings. The molecular weight excluding hydrogens is 472 g/mol. The molecule has 2 aromatic heterocycles. The van der Waals surface area contributed by atoms with E-state index in [-0.39, 0.29) is 37.1 Å². The quantitative estimate of drug-likeness (QED) is 0.342. The first-order chi connectivity index (χ1) is 17.5. The van der Waals surface area contributed by atoms with Crippen LogP contribution in [0.25, 0.3) is 5.69 Å². The maximum absolute atomic E-state index is 13.8. The van der Waals surface area contributed by atoms with Gasteiger partial charge in [0.2, 0.25) is 17.7 Å². The fourth-order valence-electron chi connectivity index (χ4n) is 4.67. The summed E-state index contributed by atoms with van der Waals surface area (Å²) in [5.41, 5.74) is 1.39. The van der Waals surface area contributed by atoms with Crippen LogP contribution in [-0.2, 0) is 32.9 Å². The SMILES string of the molecule is CN(Cc1ccc(-n2cccn2)cc1)C(=O)C[C@@]1(c2ccccc2)CC(=O)N(Cc2cccs2)C1=O. The number of aromatic nitrogens is 2. The summed E-state index contributed by atoms with van der Waals surface area (Å²) in [6.45, 7) is 0.626. The molecule has 3 amide bonds. The van der Waals surface area contributed by atoms with Crippen molar-refractivity contribution in [3.05, 3.63) is 107 Å². The first-order valence-corrected chi connectivity index (χ1v) is 12.6. The smallest absolute Gasteiger partial charge is 0.241 e. The van der Waals surface area contributed by atoms with E-state index in [1.165, 1.54) is 16.2 Å². The van der Waals surface area contributed by atoms with Crippen LogP contribution in [0.4, 0.5) is 0 Å². The molecule has 5 rings (SSSR count). The molecule has 4 aromatic rings. The number of amides is 3. The van der Waals surface area contributed by atoms with Crippen molar-refractivity contribution in [3.63, 3.8) is 0 Å². The van der Waals surface area contributed by atoms with Crippen molar-refractivity contribution in [2.75, 3.05) is 7.05 Å². The Kier molecular flexibility index (Phi) is 6.52. The molecule has 1 atom stereocenters. The molecule has 2 aromatic carbocycles. The van der Waals surface area contributed by atoms with Crippen molar-refractivity contribution in [2.24, 2.45) is 0 Å². The number of carbonyl (C=O) groups excluding carboxylic acids is 3. The Morgan fingerprint density at radius 2 is 1.81 bits per heavy atom. The second-order valence-electron chi connectivity index (χ2n) is 9.03. The molecule has 0 radical (unpaired) electrons. The maximum atomic E-state index is 13.8. The number of likely N-dealkylation sites (tertiary alicyclic amines) is 1. The topological polar surface area (TPSA) is 75.5 Å². The molecule has 1 aliphatic heterocycles. The number of nitrogens with zero attached hydrogens (tertiary/aromatic N) is 4. The number of benzene rings is 2. The summed E-state index contributed by atoms with van der Waals surface area (Å²) in [4.78, 5) is 44.1. The van der Waals surface area contributed by atoms with Gasteiger partial charge in [-0.1, -0.05) is 48.5 Å². The highest BCUT2D eigenvalue weighted by Crippen LogP contribution is 2.41. The Bertz CT molecular complexity index is 1350. The van der Waals surface area contributed by atoms with E-state index in [4.69, 9.17) is 0 Å². The first-order valence-electron chi connectivity index (χ1n) is 11.7. The zero-order chi connectivity index (χ0) is 25.1. The van der Waals surface area contributed by atoms with Gasteiger partial charge in [0.05, 0.1) is 17.6 Å². The first kappa shape index (κ1) is 23.7. The van der Waals surface area contributed by atoms with Crippen LogP contribution in [0.5, 0.6) is 0 Å². The summed E-state index contributed by atoms with van der Waals surface area (Å²) >= 11 is 1.50. The molecule has 0 N–H and O–H groups in total. The van der Waals surface area contributed by atoms with Gasteiger partial charge >= 0.3 is 0 Å². The summed E-state index contributed by atoms with van der Waals surface area (Å²) in [6.07, 6.45) is 3.51. The molecule has 7 nitrogen and oxygen atoms in total. The van der Waals surface area contributed by atoms with Crippen LogP contribution < -0.4 is 0 Å². The van der Waals surface area contributed by atoms with Crippen LogP contribution in [0, 0.1) is 0 Å². The number of imide groups is 1. The molecule has 0 aliphatic carbocycles. The van der Waals surface area contributed by atoms with E-state index in [9.17, 15) is 14.4 Å². The Morgan fingerprint density at radius 3 is 2.47 bits per heavy atom. The van der Waals surface area contributed by atoms with Gasteiger partial charge in [-0.15, -0.1) is 11.3 Å². The van der Waals surface area contributed by atoms with Crippen molar-refractivity contribution in [2.45, 2.75) is 31.3 Å². The van der Waals surface area contributed by atoms with E-state index in [0.717, 1.165) is 16.1 Å². The largest absolute Gasteiger partial charge is 0.341 e. The molecular formula is C28H26N4O3S. The van der Waals surface area contributed by atoms with Crippen LogP contribution in [0.3, 0.4) is 0 Å². The Labute approximate surface area is 213 Å². The van der Waals surface area contributed by atoms with Crippen LogP contribution in [0.2, 0.25) is 0 Å². The van der Waals surface area contributed by atoms with Crippen LogP contribution >= 0.6 is 11.3 Å². The lowest BCUT2D eigenvalue weighted by Gasteiger charge is -2.29. The van der Waals surface area contributed by atoms with Gasteiger partial charge < -0.3 is 4.90 Å². The number of hydrogen-bond donors (Lipinski definition) is 0. The van der Waals surface area contributed by atoms with Crippen LogP contribution in [0.1, 0.15) is 28.8 Å². The summed E-state index contributed by atoms with van der Waals surface area (Å²) < 4.78 is 1.77. The summed E-state index contributed by atoms with van der Waals surface area (Å²) in [6, 6.07) is 22.7. The third-order valence-electron chi connectivity index (χ3n) is 6.63. The average Bonchev–Trinajstić information content (AvgIpc) is 3.65. The van der Waals surface area contributed by atoms with E-state index in [1.54, 1.807) is 22.8 Å². The third-order valence-corrected chi connectivity index (χ3v) is 7.49. The van der Waals surface area contributed by atoms with Crippen molar-refractivity contribution < 1.29 is 14.4 Å². The van der Waals surface area contributed by atoms with Gasteiger partial charge in [0.25, 0.3) is 0 Å². The third kappa shape index (κ3) is 4.59. The minimum absolute atomic E-state index is 0.0145. The Balaban J connectivity index is 1.35. The van der Waals surface area contributed by atoms with Gasteiger partial charge in [-0.05, 0) is 40.8 Å². The molecule has 1 aliphatic rings. The maximum Gasteiger partial charge on any atom is 0.241 e. The summed E-state index contributed by atoms with van der Waals surface area (Å²) in [5.74, 6) is -0.742. The lowest BCUT2D eigenvalue weighted by atomic mass is 9.75. The Morgan fingerprint density at radius 1 is 1.03 bits per heavy atom. The predicted octanol–water partition coefficient (Wildman–Crippen LogP) is 4.18. The van der Waals surface area contributed by atoms with E-state index in [1.807, 2.05) is 84.4 Å². The standard InChI is InChI=1S/C28H26N4O3S/c1-30(19-21-10-12-23(13-11-21)32-15-6-14-29-32)25(33)17-28(22-7-3-2-4-8-22)18-26(34)31(27(28)35)20-24-9-5-16-36-24/h2-16H,17-20H2,1H3/t28-/m0/s1. The molecule has 182 valence electrons. The second kappa shape index (κ2) is 9.91. The molecule has 0 spiro atoms. The van der Waals surface area contributed by atoms with Crippen molar-refractivity contribution in [3.8, 4) is 5.69 Å². The highest BCUT2D eigenvalue weighted by Gasteiger charge is 2.53. The lowest BCUT2D eigenvalue weighted by Crippen LogP contribution is -2.42. The van der Waals surface area contributed by atoms with E-state index in [2.05, 4.69) is 5.10 Å². The highest BCUT2D eigenvalue weighted by molar-refractivity contribution is 7.09. The van der Waals surface area contributed by atoms with E-state index < -0.39 is 5.41 Å². The zero-order valence-electron chi connectivity index (χ0n) is 19.9. The van der Waals surface area contributed by atoms with Gasteiger partial charge in [0.1, 0.15) is 0 Å². The molecule has 1 saturated heterocycles. The monoisotopic (exact) mass is 498 g/mol. The molecule has 0 bridgehead atoms. The Hall–Kier alpha value is -4.04. The van der Waals surface area contributed by atoms with Crippen molar-refractivity contribution >= 4 is 29.1 Å². The van der Waals surface area contributed by atoms with E-state index in [0.29, 0.717) is 12.1 Å². The van der Waals surface area contributed by atoms with Gasteiger partial charge in [-0.2, -0.15) is 5.10 Å². The van der Waals surface area contributed by atoms with Crippen molar-refractivity contribution in [1.29, 1.82) is 0 Å². The van der Waals surface area contributed by atoms with Crippen LogP contribution in [-0.4, -0.2) is 44.3 Å². The number of rotatable bonds is 8. The summed E-state index contributed by atoms with van der Waals surface area (Å²) in [7, 11) is 1.73. The normalized spacial score (nSPS) is 17.5. The fourth-order valence-corrected chi connectivity index (χ4v) is 5.37. The number of carbonyl (C=O) groups is 3. The van der Waals surface area contributed by atoms with Crippen molar-refractivity contribution in [1.82, 2.24) is 19.6 Å². The highest BCUT2D eigenvalue weighted by atomic mass is 32.1. The predicted molar refractivity (Wildman–Crippen MR) is 137 cm³/mol. The molecule has 0 unspecified atom stereocenters. The second-order valence-corrected chi connectivity index (χ2v) is 10.1. The van der Waals surface area contributed by atoms with Gasteiger partial charge in [0, 0.05) is 43.7 Å². The molecule has 36 heavy (non-hydrogen) atoms. The zero-order valence-corrected chi connectivity index (χ0v) is 20.7. The average molecular weight is 499 g/mol. The fraction of sp³-hybridized carbons (Fsp3) is 0.214. The van der Waals surface area contributed by atoms with Gasteiger partial charge in [0.15, 0.2) is 0 Å². The van der Waals surface area contributed by atoms with Gasteiger partial charge in [-0.25, -0.2) is 4.68 Å². The van der Waals surface area contributed by atoms with Crippen LogP contribution in [0.15, 0.2) is 90.6 Å². The van der Waals surface area contributed by atoms with E-state index >= 15 is 0 Å². The molecule has 3 heterocycles. The minimum atomic E-state index is -1.20. The number of thiophene rings is 1. The van der Waals surface area contributed by atoms with Gasteiger partial charge in [-0.3, -0.25) is 19.3 Å². The lowest BCUT2D eigenvalue weighted by molar-refractivity contribution is -0.143. The molecule has 8 heteroatoms.